The summed E-state index contributed by atoms with van der Waals surface area (Å²) in [7, 11) is 0. The first-order valence-electron chi connectivity index (χ1n) is 10.8. The van der Waals surface area contributed by atoms with Crippen LogP contribution in [0.25, 0.3) is 22.9 Å². The summed E-state index contributed by atoms with van der Waals surface area (Å²) in [5.41, 5.74) is 6.85. The molecule has 5 rings (SSSR count). The fourth-order valence-electron chi connectivity index (χ4n) is 4.19. The molecule has 0 unspecified atom stereocenters. The molecule has 1 aromatic heterocycles. The molecule has 6 heteroatoms. The van der Waals surface area contributed by atoms with Gasteiger partial charge in [-0.2, -0.15) is 0 Å². The summed E-state index contributed by atoms with van der Waals surface area (Å²) in [6.07, 6.45) is 1.80. The van der Waals surface area contributed by atoms with Crippen LogP contribution >= 0.6 is 23.4 Å². The van der Waals surface area contributed by atoms with Gasteiger partial charge in [0.05, 0.1) is 10.6 Å². The molecule has 1 saturated heterocycles. The number of rotatable bonds is 4. The number of imide groups is 1. The first-order valence-corrected chi connectivity index (χ1v) is 12.0. The molecule has 168 valence electrons. The van der Waals surface area contributed by atoms with E-state index in [0.29, 0.717) is 15.6 Å². The molecule has 34 heavy (non-hydrogen) atoms. The molecule has 3 aromatic carbocycles. The number of carbonyl (C=O) groups excluding carboxylic acids is 2. The van der Waals surface area contributed by atoms with E-state index in [-0.39, 0.29) is 11.1 Å². The number of hydrogen-bond acceptors (Lipinski definition) is 3. The van der Waals surface area contributed by atoms with Gasteiger partial charge in [0.1, 0.15) is 0 Å². The van der Waals surface area contributed by atoms with Gasteiger partial charge in [-0.05, 0) is 90.8 Å². The van der Waals surface area contributed by atoms with Crippen LogP contribution in [0.4, 0.5) is 10.5 Å². The summed E-state index contributed by atoms with van der Waals surface area (Å²) >= 11 is 6.90. The molecule has 1 fully saturated rings. The Balaban J connectivity index is 1.45. The van der Waals surface area contributed by atoms with Gasteiger partial charge in [-0.1, -0.05) is 54.1 Å². The van der Waals surface area contributed by atoms with Crippen LogP contribution in [-0.2, 0) is 4.79 Å². The van der Waals surface area contributed by atoms with Crippen LogP contribution in [-0.4, -0.2) is 15.7 Å². The molecule has 0 atom stereocenters. The van der Waals surface area contributed by atoms with Gasteiger partial charge < -0.3 is 4.57 Å². The van der Waals surface area contributed by atoms with E-state index in [2.05, 4.69) is 41.0 Å². The zero-order valence-electron chi connectivity index (χ0n) is 18.7. The van der Waals surface area contributed by atoms with Crippen LogP contribution in [0.5, 0.6) is 0 Å². The molecular weight excluding hydrogens is 464 g/mol. The maximum absolute atomic E-state index is 13.0. The lowest BCUT2D eigenvalue weighted by atomic mass is 10.1. The summed E-state index contributed by atoms with van der Waals surface area (Å²) in [6, 6.07) is 27.4. The molecule has 4 nitrogen and oxygen atoms in total. The molecule has 0 bridgehead atoms. The Morgan fingerprint density at radius 1 is 0.794 bits per heavy atom. The SMILES string of the molecule is Cc1cc(/C=C2\SC(=O)N(c3ccc(Cl)cc3)C2=O)c(C)n1-c1ccc(-c2ccccc2)cc1. The van der Waals surface area contributed by atoms with E-state index in [1.54, 1.807) is 30.3 Å². The second-order valence-corrected chi connectivity index (χ2v) is 9.50. The van der Waals surface area contributed by atoms with Crippen molar-refractivity contribution in [2.75, 3.05) is 4.90 Å². The molecule has 2 heterocycles. The molecule has 0 radical (unpaired) electrons. The van der Waals surface area contributed by atoms with Gasteiger partial charge in [0.25, 0.3) is 11.1 Å². The van der Waals surface area contributed by atoms with Crippen LogP contribution in [0.2, 0.25) is 5.02 Å². The third-order valence-corrected chi connectivity index (χ3v) is 6.99. The highest BCUT2D eigenvalue weighted by atomic mass is 35.5. The molecule has 0 aliphatic carbocycles. The number of carbonyl (C=O) groups is 2. The number of nitrogens with zero attached hydrogens (tertiary/aromatic N) is 2. The average Bonchev–Trinajstić information content (AvgIpc) is 3.28. The highest BCUT2D eigenvalue weighted by Crippen LogP contribution is 2.37. The monoisotopic (exact) mass is 484 g/mol. The maximum Gasteiger partial charge on any atom is 0.298 e. The number of aryl methyl sites for hydroxylation is 1. The molecule has 0 spiro atoms. The lowest BCUT2D eigenvalue weighted by Crippen LogP contribution is -2.27. The molecule has 0 N–H and O–H groups in total. The lowest BCUT2D eigenvalue weighted by Gasteiger charge is -2.12. The molecule has 1 aliphatic rings. The Hall–Kier alpha value is -3.54. The van der Waals surface area contributed by atoms with E-state index < -0.39 is 0 Å². The molecule has 2 amide bonds. The van der Waals surface area contributed by atoms with Gasteiger partial charge >= 0.3 is 0 Å². The minimum Gasteiger partial charge on any atom is -0.318 e. The van der Waals surface area contributed by atoms with Crippen molar-refractivity contribution < 1.29 is 9.59 Å². The normalized spacial score (nSPS) is 14.9. The Labute approximate surface area is 207 Å². The summed E-state index contributed by atoms with van der Waals surface area (Å²) in [6.45, 7) is 4.06. The lowest BCUT2D eigenvalue weighted by molar-refractivity contribution is -0.113. The first kappa shape index (κ1) is 22.3. The quantitative estimate of drug-likeness (QED) is 0.279. The van der Waals surface area contributed by atoms with Crippen LogP contribution < -0.4 is 4.90 Å². The number of hydrogen-bond donors (Lipinski definition) is 0. The number of thioether (sulfide) groups is 1. The van der Waals surface area contributed by atoms with Gasteiger partial charge in [0, 0.05) is 22.1 Å². The first-order chi connectivity index (χ1) is 16.4. The third-order valence-electron chi connectivity index (χ3n) is 5.87. The second-order valence-electron chi connectivity index (χ2n) is 8.07. The zero-order chi connectivity index (χ0) is 23.8. The number of anilines is 1. The van der Waals surface area contributed by atoms with Crippen molar-refractivity contribution in [2.24, 2.45) is 0 Å². The van der Waals surface area contributed by atoms with Crippen molar-refractivity contribution in [3.63, 3.8) is 0 Å². The van der Waals surface area contributed by atoms with Crippen molar-refractivity contribution in [2.45, 2.75) is 13.8 Å². The van der Waals surface area contributed by atoms with Gasteiger partial charge in [-0.25, -0.2) is 4.90 Å². The van der Waals surface area contributed by atoms with Crippen LogP contribution in [0.1, 0.15) is 17.0 Å². The zero-order valence-corrected chi connectivity index (χ0v) is 20.2. The largest absolute Gasteiger partial charge is 0.318 e. The highest BCUT2D eigenvalue weighted by molar-refractivity contribution is 8.19. The van der Waals surface area contributed by atoms with E-state index in [1.807, 2.05) is 38.1 Å². The van der Waals surface area contributed by atoms with E-state index in [0.717, 1.165) is 40.0 Å². The van der Waals surface area contributed by atoms with E-state index >= 15 is 0 Å². The van der Waals surface area contributed by atoms with Gasteiger partial charge in [0.2, 0.25) is 0 Å². The summed E-state index contributed by atoms with van der Waals surface area (Å²) in [4.78, 5) is 27.2. The van der Waals surface area contributed by atoms with Crippen LogP contribution in [0.3, 0.4) is 0 Å². The topological polar surface area (TPSA) is 42.3 Å². The Kier molecular flexibility index (Phi) is 5.90. The Morgan fingerprint density at radius 2 is 1.41 bits per heavy atom. The number of halogens is 1. The summed E-state index contributed by atoms with van der Waals surface area (Å²) < 4.78 is 2.16. The van der Waals surface area contributed by atoms with Crippen molar-refractivity contribution in [3.05, 3.63) is 112 Å². The van der Waals surface area contributed by atoms with Crippen molar-refractivity contribution in [1.29, 1.82) is 0 Å². The Morgan fingerprint density at radius 3 is 2.09 bits per heavy atom. The van der Waals surface area contributed by atoms with Crippen LogP contribution in [0.15, 0.2) is 89.8 Å². The average molecular weight is 485 g/mol. The highest BCUT2D eigenvalue weighted by Gasteiger charge is 2.36. The molecule has 1 aliphatic heterocycles. The van der Waals surface area contributed by atoms with Crippen molar-refractivity contribution in [3.8, 4) is 16.8 Å². The summed E-state index contributed by atoms with van der Waals surface area (Å²) in [5.74, 6) is -0.325. The molecule has 0 saturated carbocycles. The minimum absolute atomic E-state index is 0.316. The summed E-state index contributed by atoms with van der Waals surface area (Å²) in [5, 5.41) is 0.236. The van der Waals surface area contributed by atoms with E-state index in [1.165, 1.54) is 10.5 Å². The predicted octanol–water partition coefficient (Wildman–Crippen LogP) is 7.66. The minimum atomic E-state index is -0.325. The van der Waals surface area contributed by atoms with Gasteiger partial charge in [-0.15, -0.1) is 0 Å². The van der Waals surface area contributed by atoms with Gasteiger partial charge in [-0.3, -0.25) is 9.59 Å². The third kappa shape index (κ3) is 4.09. The van der Waals surface area contributed by atoms with Gasteiger partial charge in [0.15, 0.2) is 0 Å². The molecular formula is C28H21ClN2O2S. The second kappa shape index (κ2) is 9.01. The van der Waals surface area contributed by atoms with E-state index in [9.17, 15) is 9.59 Å². The van der Waals surface area contributed by atoms with Crippen LogP contribution in [0, 0.1) is 13.8 Å². The maximum atomic E-state index is 13.0. The van der Waals surface area contributed by atoms with Crippen molar-refractivity contribution >= 4 is 46.3 Å². The standard InChI is InChI=1S/C28H21ClN2O2S/c1-18-16-22(17-26-27(32)31(28(33)34-26)25-14-10-23(29)11-15-25)19(2)30(18)24-12-8-21(9-13-24)20-6-4-3-5-7-20/h3-17H,1-2H3/b26-17-. The number of aromatic nitrogens is 1. The predicted molar refractivity (Wildman–Crippen MR) is 141 cm³/mol. The molecule has 4 aromatic rings. The number of amides is 2. The fourth-order valence-corrected chi connectivity index (χ4v) is 5.14. The smallest absolute Gasteiger partial charge is 0.298 e. The Bertz CT molecular complexity index is 1420. The number of benzene rings is 3. The van der Waals surface area contributed by atoms with E-state index in [4.69, 9.17) is 11.6 Å². The fraction of sp³-hybridized carbons (Fsp3) is 0.0714. The van der Waals surface area contributed by atoms with Crippen molar-refractivity contribution in [1.82, 2.24) is 4.57 Å².